The molecule has 2 heterocycles. The first kappa shape index (κ1) is 13.0. The quantitative estimate of drug-likeness (QED) is 0.852. The Balaban J connectivity index is 1.68. The zero-order valence-corrected chi connectivity index (χ0v) is 12.0. The standard InChI is InChI=1S/C13H24N6/c1-11-8-14-13(6-4-3-5-7-13)10-19(11)9-12-15-17-18(2)16-12/h11,14H,3-10H2,1-2H3. The second-order valence-electron chi connectivity index (χ2n) is 6.17. The number of nitrogens with zero attached hydrogens (tertiary/aromatic N) is 5. The molecule has 2 fully saturated rings. The van der Waals surface area contributed by atoms with Crippen LogP contribution in [0.1, 0.15) is 44.9 Å². The molecular weight excluding hydrogens is 240 g/mol. The Morgan fingerprint density at radius 2 is 2.11 bits per heavy atom. The van der Waals surface area contributed by atoms with Crippen LogP contribution >= 0.6 is 0 Å². The number of piperazine rings is 1. The van der Waals surface area contributed by atoms with Crippen LogP contribution < -0.4 is 5.32 Å². The van der Waals surface area contributed by atoms with Gasteiger partial charge in [-0.3, -0.25) is 4.90 Å². The number of tetrazole rings is 1. The fourth-order valence-electron chi connectivity index (χ4n) is 3.44. The first-order chi connectivity index (χ1) is 9.17. The molecule has 0 amide bonds. The van der Waals surface area contributed by atoms with Gasteiger partial charge in [0.1, 0.15) is 0 Å². The van der Waals surface area contributed by atoms with Gasteiger partial charge in [0.15, 0.2) is 5.82 Å². The molecule has 19 heavy (non-hydrogen) atoms. The first-order valence-corrected chi connectivity index (χ1v) is 7.39. The molecule has 6 nitrogen and oxygen atoms in total. The van der Waals surface area contributed by atoms with Gasteiger partial charge in [-0.05, 0) is 25.0 Å². The monoisotopic (exact) mass is 264 g/mol. The minimum atomic E-state index is 0.340. The van der Waals surface area contributed by atoms with E-state index in [2.05, 4.69) is 32.6 Å². The average molecular weight is 264 g/mol. The molecule has 0 aromatic carbocycles. The first-order valence-electron chi connectivity index (χ1n) is 7.39. The Bertz CT molecular complexity index is 423. The van der Waals surface area contributed by atoms with Gasteiger partial charge in [0.25, 0.3) is 0 Å². The Labute approximate surface area is 114 Å². The van der Waals surface area contributed by atoms with Gasteiger partial charge in [-0.2, -0.15) is 4.80 Å². The summed E-state index contributed by atoms with van der Waals surface area (Å²) in [5.74, 6) is 0.835. The third kappa shape index (κ3) is 2.79. The van der Waals surface area contributed by atoms with Gasteiger partial charge in [0, 0.05) is 24.7 Å². The molecule has 1 atom stereocenters. The molecule has 0 radical (unpaired) electrons. The predicted octanol–water partition coefficient (Wildman–Crippen LogP) is 0.707. The van der Waals surface area contributed by atoms with E-state index in [1.165, 1.54) is 32.1 Å². The fourth-order valence-corrected chi connectivity index (χ4v) is 3.44. The van der Waals surface area contributed by atoms with Crippen LogP contribution in [0.5, 0.6) is 0 Å². The maximum atomic E-state index is 4.31. The molecule has 1 N–H and O–H groups in total. The smallest absolute Gasteiger partial charge is 0.188 e. The van der Waals surface area contributed by atoms with E-state index in [0.717, 1.165) is 25.5 Å². The molecule has 1 saturated heterocycles. The van der Waals surface area contributed by atoms with E-state index in [0.29, 0.717) is 11.6 Å². The van der Waals surface area contributed by atoms with Crippen molar-refractivity contribution in [3.8, 4) is 0 Å². The van der Waals surface area contributed by atoms with Gasteiger partial charge >= 0.3 is 0 Å². The highest BCUT2D eigenvalue weighted by molar-refractivity contribution is 4.99. The molecule has 1 aliphatic heterocycles. The molecule has 1 saturated carbocycles. The molecule has 1 aromatic heterocycles. The second kappa shape index (κ2) is 5.17. The van der Waals surface area contributed by atoms with Crippen LogP contribution in [-0.4, -0.2) is 49.8 Å². The Morgan fingerprint density at radius 3 is 2.79 bits per heavy atom. The van der Waals surface area contributed by atoms with Crippen LogP contribution in [0, 0.1) is 0 Å². The lowest BCUT2D eigenvalue weighted by molar-refractivity contribution is 0.0554. The van der Waals surface area contributed by atoms with Crippen molar-refractivity contribution < 1.29 is 0 Å². The number of hydrogen-bond donors (Lipinski definition) is 1. The molecule has 1 aliphatic carbocycles. The molecule has 3 rings (SSSR count). The minimum absolute atomic E-state index is 0.340. The van der Waals surface area contributed by atoms with Crippen LogP contribution in [0.2, 0.25) is 0 Å². The summed E-state index contributed by atoms with van der Waals surface area (Å²) in [7, 11) is 1.82. The number of rotatable bonds is 2. The number of aromatic nitrogens is 4. The normalized spacial score (nSPS) is 27.8. The van der Waals surface area contributed by atoms with E-state index in [4.69, 9.17) is 0 Å². The van der Waals surface area contributed by atoms with E-state index in [1.807, 2.05) is 7.05 Å². The van der Waals surface area contributed by atoms with Crippen molar-refractivity contribution in [1.82, 2.24) is 30.4 Å². The molecule has 1 aromatic rings. The third-order valence-electron chi connectivity index (χ3n) is 4.61. The highest BCUT2D eigenvalue weighted by Gasteiger charge is 2.38. The van der Waals surface area contributed by atoms with E-state index in [-0.39, 0.29) is 0 Å². The second-order valence-corrected chi connectivity index (χ2v) is 6.17. The van der Waals surface area contributed by atoms with E-state index in [1.54, 1.807) is 4.80 Å². The third-order valence-corrected chi connectivity index (χ3v) is 4.61. The Hall–Kier alpha value is -1.01. The molecule has 106 valence electrons. The van der Waals surface area contributed by atoms with Gasteiger partial charge in [0.05, 0.1) is 13.6 Å². The predicted molar refractivity (Wildman–Crippen MR) is 72.5 cm³/mol. The summed E-state index contributed by atoms with van der Waals surface area (Å²) >= 11 is 0. The summed E-state index contributed by atoms with van der Waals surface area (Å²) in [5.41, 5.74) is 0.340. The van der Waals surface area contributed by atoms with Crippen molar-refractivity contribution in [3.63, 3.8) is 0 Å². The van der Waals surface area contributed by atoms with Crippen molar-refractivity contribution in [2.75, 3.05) is 13.1 Å². The summed E-state index contributed by atoms with van der Waals surface area (Å²) in [6, 6.07) is 0.538. The topological polar surface area (TPSA) is 58.9 Å². The summed E-state index contributed by atoms with van der Waals surface area (Å²) < 4.78 is 0. The zero-order chi connectivity index (χ0) is 13.3. The minimum Gasteiger partial charge on any atom is -0.308 e. The van der Waals surface area contributed by atoms with Gasteiger partial charge < -0.3 is 5.32 Å². The van der Waals surface area contributed by atoms with E-state index < -0.39 is 0 Å². The van der Waals surface area contributed by atoms with Crippen LogP contribution in [0.15, 0.2) is 0 Å². The summed E-state index contributed by atoms with van der Waals surface area (Å²) in [6.07, 6.45) is 6.73. The summed E-state index contributed by atoms with van der Waals surface area (Å²) in [6.45, 7) is 5.28. The molecule has 1 unspecified atom stereocenters. The number of nitrogens with one attached hydrogen (secondary N) is 1. The van der Waals surface area contributed by atoms with Crippen molar-refractivity contribution in [2.45, 2.75) is 57.2 Å². The lowest BCUT2D eigenvalue weighted by Gasteiger charge is -2.48. The molecular formula is C13H24N6. The van der Waals surface area contributed by atoms with Gasteiger partial charge in [-0.1, -0.05) is 19.3 Å². The van der Waals surface area contributed by atoms with Crippen LogP contribution in [-0.2, 0) is 13.6 Å². The Morgan fingerprint density at radius 1 is 1.32 bits per heavy atom. The van der Waals surface area contributed by atoms with Crippen LogP contribution in [0.25, 0.3) is 0 Å². The van der Waals surface area contributed by atoms with Gasteiger partial charge in [-0.25, -0.2) is 0 Å². The highest BCUT2D eigenvalue weighted by atomic mass is 15.6. The molecule has 6 heteroatoms. The van der Waals surface area contributed by atoms with Crippen LogP contribution in [0.3, 0.4) is 0 Å². The molecule has 2 aliphatic rings. The number of aryl methyl sites for hydroxylation is 1. The average Bonchev–Trinajstić information content (AvgIpc) is 2.81. The number of hydrogen-bond acceptors (Lipinski definition) is 5. The van der Waals surface area contributed by atoms with Gasteiger partial charge in [0.2, 0.25) is 0 Å². The van der Waals surface area contributed by atoms with Crippen molar-refractivity contribution in [2.24, 2.45) is 7.05 Å². The SMILES string of the molecule is CC1CNC2(CCCCC2)CN1Cc1nnn(C)n1. The Kier molecular flexibility index (Phi) is 3.54. The van der Waals surface area contributed by atoms with E-state index in [9.17, 15) is 0 Å². The van der Waals surface area contributed by atoms with Crippen molar-refractivity contribution >= 4 is 0 Å². The van der Waals surface area contributed by atoms with Gasteiger partial charge in [-0.15, -0.1) is 10.2 Å². The lowest BCUT2D eigenvalue weighted by atomic mass is 9.79. The van der Waals surface area contributed by atoms with Crippen molar-refractivity contribution in [1.29, 1.82) is 0 Å². The maximum absolute atomic E-state index is 4.31. The summed E-state index contributed by atoms with van der Waals surface area (Å²) in [5, 5.41) is 16.1. The largest absolute Gasteiger partial charge is 0.308 e. The molecule has 1 spiro atoms. The summed E-state index contributed by atoms with van der Waals surface area (Å²) in [4.78, 5) is 4.05. The maximum Gasteiger partial charge on any atom is 0.188 e. The highest BCUT2D eigenvalue weighted by Crippen LogP contribution is 2.32. The van der Waals surface area contributed by atoms with Crippen LogP contribution in [0.4, 0.5) is 0 Å². The zero-order valence-electron chi connectivity index (χ0n) is 12.0. The van der Waals surface area contributed by atoms with E-state index >= 15 is 0 Å². The molecule has 0 bridgehead atoms. The fraction of sp³-hybridized carbons (Fsp3) is 0.923. The van der Waals surface area contributed by atoms with Crippen molar-refractivity contribution in [3.05, 3.63) is 5.82 Å². The lowest BCUT2D eigenvalue weighted by Crippen LogP contribution is -2.63.